The van der Waals surface area contributed by atoms with Crippen LogP contribution in [0.1, 0.15) is 32.6 Å². The van der Waals surface area contributed by atoms with Crippen molar-refractivity contribution in [3.63, 3.8) is 0 Å². The van der Waals surface area contributed by atoms with Crippen molar-refractivity contribution in [3.8, 4) is 0 Å². The first-order valence-corrected chi connectivity index (χ1v) is 5.80. The Morgan fingerprint density at radius 3 is 2.85 bits per heavy atom. The van der Waals surface area contributed by atoms with Crippen molar-refractivity contribution in [1.29, 1.82) is 0 Å². The molecule has 0 saturated carbocycles. The second-order valence-corrected chi connectivity index (χ2v) is 4.80. The van der Waals surface area contributed by atoms with Gasteiger partial charge >= 0.3 is 0 Å². The normalized spacial score (nSPS) is 36.7. The van der Waals surface area contributed by atoms with Gasteiger partial charge in [0.2, 0.25) is 0 Å². The molecule has 0 bridgehead atoms. The lowest BCUT2D eigenvalue weighted by molar-refractivity contribution is 0.258. The largest absolute Gasteiger partial charge is 0.313 e. The molecule has 0 aliphatic carbocycles. The smallest absolute Gasteiger partial charge is 0.0195 e. The molecule has 2 aliphatic heterocycles. The third-order valence-electron chi connectivity index (χ3n) is 3.40. The van der Waals surface area contributed by atoms with Gasteiger partial charge in [0.05, 0.1) is 0 Å². The van der Waals surface area contributed by atoms with E-state index in [4.69, 9.17) is 0 Å². The van der Waals surface area contributed by atoms with Gasteiger partial charge in [-0.3, -0.25) is 0 Å². The van der Waals surface area contributed by atoms with Crippen LogP contribution in [0.2, 0.25) is 0 Å². The quantitative estimate of drug-likeness (QED) is 0.695. The molecule has 2 heterocycles. The SMILES string of the molecule is CC1CCN(C[C@H]2CCCCN2)C1. The lowest BCUT2D eigenvalue weighted by Gasteiger charge is -2.27. The van der Waals surface area contributed by atoms with Crippen LogP contribution in [0.25, 0.3) is 0 Å². The molecule has 1 N–H and O–H groups in total. The van der Waals surface area contributed by atoms with Crippen LogP contribution in [0.5, 0.6) is 0 Å². The van der Waals surface area contributed by atoms with Gasteiger partial charge in [-0.25, -0.2) is 0 Å². The molecule has 2 aliphatic rings. The number of rotatable bonds is 2. The van der Waals surface area contributed by atoms with Crippen LogP contribution in [-0.4, -0.2) is 37.1 Å². The van der Waals surface area contributed by atoms with Gasteiger partial charge in [0.1, 0.15) is 0 Å². The number of likely N-dealkylation sites (tertiary alicyclic amines) is 1. The Morgan fingerprint density at radius 2 is 2.23 bits per heavy atom. The van der Waals surface area contributed by atoms with Gasteiger partial charge in [0, 0.05) is 19.1 Å². The topological polar surface area (TPSA) is 15.3 Å². The predicted octanol–water partition coefficient (Wildman–Crippen LogP) is 1.47. The molecule has 2 atom stereocenters. The molecule has 13 heavy (non-hydrogen) atoms. The van der Waals surface area contributed by atoms with E-state index in [0.29, 0.717) is 0 Å². The highest BCUT2D eigenvalue weighted by atomic mass is 15.2. The van der Waals surface area contributed by atoms with Crippen molar-refractivity contribution in [2.75, 3.05) is 26.2 Å². The fraction of sp³-hybridized carbons (Fsp3) is 1.00. The lowest BCUT2D eigenvalue weighted by atomic mass is 10.0. The predicted molar refractivity (Wildman–Crippen MR) is 55.9 cm³/mol. The first kappa shape index (κ1) is 9.47. The molecule has 0 aromatic rings. The highest BCUT2D eigenvalue weighted by Crippen LogP contribution is 2.17. The molecule has 1 unspecified atom stereocenters. The lowest BCUT2D eigenvalue weighted by Crippen LogP contribution is -2.42. The van der Waals surface area contributed by atoms with Crippen LogP contribution in [0.15, 0.2) is 0 Å². The van der Waals surface area contributed by atoms with E-state index in [1.54, 1.807) is 0 Å². The summed E-state index contributed by atoms with van der Waals surface area (Å²) in [5.74, 6) is 0.934. The minimum atomic E-state index is 0.791. The molecule has 2 saturated heterocycles. The number of piperidine rings is 1. The van der Waals surface area contributed by atoms with E-state index in [1.807, 2.05) is 0 Å². The summed E-state index contributed by atoms with van der Waals surface area (Å²) in [7, 11) is 0. The molecule has 2 rings (SSSR count). The Bertz CT molecular complexity index is 149. The van der Waals surface area contributed by atoms with Crippen molar-refractivity contribution >= 4 is 0 Å². The second kappa shape index (κ2) is 4.43. The summed E-state index contributed by atoms with van der Waals surface area (Å²) < 4.78 is 0. The third-order valence-corrected chi connectivity index (χ3v) is 3.40. The fourth-order valence-corrected chi connectivity index (χ4v) is 2.58. The van der Waals surface area contributed by atoms with Crippen molar-refractivity contribution in [1.82, 2.24) is 10.2 Å². The zero-order chi connectivity index (χ0) is 9.10. The average Bonchev–Trinajstić information content (AvgIpc) is 2.53. The average molecular weight is 182 g/mol. The van der Waals surface area contributed by atoms with Gasteiger partial charge in [-0.15, -0.1) is 0 Å². The molecule has 0 aromatic heterocycles. The van der Waals surface area contributed by atoms with Crippen molar-refractivity contribution in [2.24, 2.45) is 5.92 Å². The number of nitrogens with zero attached hydrogens (tertiary/aromatic N) is 1. The summed E-state index contributed by atoms with van der Waals surface area (Å²) in [5.41, 5.74) is 0. The number of nitrogens with one attached hydrogen (secondary N) is 1. The molecule has 0 aromatic carbocycles. The number of hydrogen-bond donors (Lipinski definition) is 1. The highest BCUT2D eigenvalue weighted by Gasteiger charge is 2.22. The van der Waals surface area contributed by atoms with Gasteiger partial charge in [-0.1, -0.05) is 13.3 Å². The van der Waals surface area contributed by atoms with Crippen LogP contribution < -0.4 is 5.32 Å². The van der Waals surface area contributed by atoms with E-state index < -0.39 is 0 Å². The van der Waals surface area contributed by atoms with Crippen molar-refractivity contribution in [2.45, 2.75) is 38.6 Å². The Balaban J connectivity index is 1.71. The molecule has 2 heteroatoms. The van der Waals surface area contributed by atoms with Crippen LogP contribution in [-0.2, 0) is 0 Å². The second-order valence-electron chi connectivity index (χ2n) is 4.80. The van der Waals surface area contributed by atoms with Gasteiger partial charge in [-0.05, 0) is 38.3 Å². The molecule has 2 nitrogen and oxygen atoms in total. The zero-order valence-electron chi connectivity index (χ0n) is 8.76. The van der Waals surface area contributed by atoms with E-state index in [-0.39, 0.29) is 0 Å². The zero-order valence-corrected chi connectivity index (χ0v) is 8.76. The summed E-state index contributed by atoms with van der Waals surface area (Å²) >= 11 is 0. The van der Waals surface area contributed by atoms with E-state index in [2.05, 4.69) is 17.1 Å². The maximum absolute atomic E-state index is 3.62. The summed E-state index contributed by atoms with van der Waals surface area (Å²) in [4.78, 5) is 2.63. The summed E-state index contributed by atoms with van der Waals surface area (Å²) in [6.07, 6.45) is 5.62. The third kappa shape index (κ3) is 2.68. The van der Waals surface area contributed by atoms with E-state index in [9.17, 15) is 0 Å². The maximum atomic E-state index is 3.62. The van der Waals surface area contributed by atoms with Crippen LogP contribution >= 0.6 is 0 Å². The highest BCUT2D eigenvalue weighted by molar-refractivity contribution is 4.80. The molecule has 0 amide bonds. The summed E-state index contributed by atoms with van der Waals surface area (Å²) in [5, 5.41) is 3.62. The molecule has 0 radical (unpaired) electrons. The van der Waals surface area contributed by atoms with Gasteiger partial charge in [-0.2, -0.15) is 0 Å². The standard InChI is InChI=1S/C11H22N2/c1-10-5-7-13(8-10)9-11-4-2-3-6-12-11/h10-12H,2-9H2,1H3/t10?,11-/m1/s1. The van der Waals surface area contributed by atoms with Gasteiger partial charge in [0.15, 0.2) is 0 Å². The van der Waals surface area contributed by atoms with Crippen LogP contribution in [0.3, 0.4) is 0 Å². The van der Waals surface area contributed by atoms with Crippen molar-refractivity contribution < 1.29 is 0 Å². The Hall–Kier alpha value is -0.0800. The number of hydrogen-bond acceptors (Lipinski definition) is 2. The minimum Gasteiger partial charge on any atom is -0.313 e. The Morgan fingerprint density at radius 1 is 1.31 bits per heavy atom. The van der Waals surface area contributed by atoms with E-state index in [1.165, 1.54) is 51.9 Å². The van der Waals surface area contributed by atoms with Crippen LogP contribution in [0, 0.1) is 5.92 Å². The molecule has 2 fully saturated rings. The molecular formula is C11H22N2. The molecule has 76 valence electrons. The van der Waals surface area contributed by atoms with Gasteiger partial charge in [0.25, 0.3) is 0 Å². The monoisotopic (exact) mass is 182 g/mol. The van der Waals surface area contributed by atoms with E-state index in [0.717, 1.165) is 12.0 Å². The van der Waals surface area contributed by atoms with E-state index >= 15 is 0 Å². The summed E-state index contributed by atoms with van der Waals surface area (Å²) in [6, 6.07) is 0.791. The van der Waals surface area contributed by atoms with Gasteiger partial charge < -0.3 is 10.2 Å². The summed E-state index contributed by atoms with van der Waals surface area (Å²) in [6.45, 7) is 7.57. The Kier molecular flexibility index (Phi) is 3.23. The van der Waals surface area contributed by atoms with Crippen LogP contribution in [0.4, 0.5) is 0 Å². The van der Waals surface area contributed by atoms with Crippen molar-refractivity contribution in [3.05, 3.63) is 0 Å². The first-order chi connectivity index (χ1) is 6.34. The minimum absolute atomic E-state index is 0.791. The Labute approximate surface area is 81.7 Å². The maximum Gasteiger partial charge on any atom is 0.0195 e. The fourth-order valence-electron chi connectivity index (χ4n) is 2.58. The first-order valence-electron chi connectivity index (χ1n) is 5.80. The molecule has 0 spiro atoms. The molecular weight excluding hydrogens is 160 g/mol.